The van der Waals surface area contributed by atoms with Gasteiger partial charge in [-0.05, 0) is 125 Å². The van der Waals surface area contributed by atoms with Gasteiger partial charge in [-0.2, -0.15) is 0 Å². The standard InChI is InChI=1S/C46H59N5O12SSi/c1-45(2,3)62-43(56)51(44(57)63-46(4,5)6)50(35-16-14-32-27-47-21-20-30(32)25-35)40(41(53)54)31-12-11-13-36(26-31)61-29-39(52)48-34-15-19-38(64(58,59)37-17-18-37)33(24-34)28-49(7)42(55)60-22-23-65(8,9)10/h11-16,19-21,24-27,37,40H,17-18,22-23,28-29H2,1-10H3,(H,48,52)(H,53,54). The molecule has 4 aromatic rings. The lowest BCUT2D eigenvalue weighted by Gasteiger charge is -2.39. The summed E-state index contributed by atoms with van der Waals surface area (Å²) in [5.41, 5.74) is -1.52. The Hall–Kier alpha value is -6.21. The zero-order valence-corrected chi connectivity index (χ0v) is 40.4. The summed E-state index contributed by atoms with van der Waals surface area (Å²) >= 11 is 0. The van der Waals surface area contributed by atoms with Gasteiger partial charge in [-0.15, -0.1) is 5.01 Å². The van der Waals surface area contributed by atoms with Gasteiger partial charge in [-0.1, -0.05) is 37.8 Å². The summed E-state index contributed by atoms with van der Waals surface area (Å²) in [6.45, 7) is 15.6. The third-order valence-corrected chi connectivity index (χ3v) is 13.7. The van der Waals surface area contributed by atoms with E-state index in [4.69, 9.17) is 18.9 Å². The maximum atomic E-state index is 14.0. The number of rotatable bonds is 16. The van der Waals surface area contributed by atoms with Crippen LogP contribution in [0.4, 0.5) is 25.8 Å². The lowest BCUT2D eigenvalue weighted by atomic mass is 10.0. The molecule has 65 heavy (non-hydrogen) atoms. The molecule has 3 aromatic carbocycles. The summed E-state index contributed by atoms with van der Waals surface area (Å²) in [6.07, 6.45) is 1.20. The molecule has 0 aliphatic heterocycles. The van der Waals surface area contributed by atoms with E-state index in [1.807, 2.05) is 0 Å². The number of nitrogens with one attached hydrogen (secondary N) is 1. The van der Waals surface area contributed by atoms with Gasteiger partial charge >= 0.3 is 24.2 Å². The highest BCUT2D eigenvalue weighted by atomic mass is 32.2. The van der Waals surface area contributed by atoms with Gasteiger partial charge in [0.25, 0.3) is 5.91 Å². The predicted octanol–water partition coefficient (Wildman–Crippen LogP) is 8.81. The molecule has 1 heterocycles. The Morgan fingerprint density at radius 1 is 0.862 bits per heavy atom. The van der Waals surface area contributed by atoms with Crippen LogP contribution < -0.4 is 15.1 Å². The number of carbonyl (C=O) groups is 5. The molecule has 1 aliphatic carbocycles. The van der Waals surface area contributed by atoms with Gasteiger partial charge in [0.1, 0.15) is 17.0 Å². The number of ether oxygens (including phenoxy) is 4. The number of carboxylic acids is 1. The minimum Gasteiger partial charge on any atom is -0.484 e. The van der Waals surface area contributed by atoms with Gasteiger partial charge in [0.15, 0.2) is 22.5 Å². The van der Waals surface area contributed by atoms with Crippen molar-refractivity contribution in [2.24, 2.45) is 0 Å². The fourth-order valence-electron chi connectivity index (χ4n) is 6.45. The number of benzene rings is 3. The van der Waals surface area contributed by atoms with Gasteiger partial charge in [0.2, 0.25) is 0 Å². The molecule has 2 N–H and O–H groups in total. The number of sulfone groups is 1. The molecule has 17 nitrogen and oxygen atoms in total. The second-order valence-corrected chi connectivity index (χ2v) is 26.8. The van der Waals surface area contributed by atoms with Crippen LogP contribution in [0.5, 0.6) is 5.75 Å². The second-order valence-electron chi connectivity index (χ2n) is 19.0. The highest BCUT2D eigenvalue weighted by Gasteiger charge is 2.43. The normalized spacial score (nSPS) is 13.6. The Bertz CT molecular complexity index is 2500. The molecule has 350 valence electrons. The zero-order valence-electron chi connectivity index (χ0n) is 38.5. The molecule has 1 atom stereocenters. The van der Waals surface area contributed by atoms with E-state index >= 15 is 0 Å². The molecule has 5 rings (SSSR count). The summed E-state index contributed by atoms with van der Waals surface area (Å²) in [6, 6.07) is 15.6. The highest BCUT2D eigenvalue weighted by molar-refractivity contribution is 7.92. The van der Waals surface area contributed by atoms with Crippen molar-refractivity contribution in [3.63, 3.8) is 0 Å². The molecule has 19 heteroatoms. The first-order valence-electron chi connectivity index (χ1n) is 21.1. The van der Waals surface area contributed by atoms with Crippen LogP contribution in [0.3, 0.4) is 0 Å². The number of hydrazine groups is 1. The summed E-state index contributed by atoms with van der Waals surface area (Å²) in [5, 5.41) is 16.0. The fourth-order valence-corrected chi connectivity index (χ4v) is 9.03. The van der Waals surface area contributed by atoms with Crippen molar-refractivity contribution in [3.8, 4) is 5.75 Å². The van der Waals surface area contributed by atoms with Crippen molar-refractivity contribution in [2.45, 2.75) is 114 Å². The van der Waals surface area contributed by atoms with E-state index in [0.29, 0.717) is 34.2 Å². The molecule has 0 radical (unpaired) electrons. The number of hydrogen-bond acceptors (Lipinski definition) is 13. The number of aliphatic carboxylic acids is 1. The average molecular weight is 934 g/mol. The lowest BCUT2D eigenvalue weighted by Crippen LogP contribution is -2.56. The lowest BCUT2D eigenvalue weighted by molar-refractivity contribution is -0.139. The number of fused-ring (bicyclic) bond motifs is 1. The highest BCUT2D eigenvalue weighted by Crippen LogP contribution is 2.37. The van der Waals surface area contributed by atoms with Crippen molar-refractivity contribution >= 4 is 70.2 Å². The van der Waals surface area contributed by atoms with E-state index in [1.54, 1.807) is 72.1 Å². The maximum Gasteiger partial charge on any atom is 0.439 e. The number of anilines is 2. The zero-order chi connectivity index (χ0) is 48.1. The minimum absolute atomic E-state index is 0.0441. The molecule has 0 bridgehead atoms. The number of pyridine rings is 1. The third-order valence-electron chi connectivity index (χ3n) is 9.67. The first-order valence-corrected chi connectivity index (χ1v) is 26.4. The molecule has 0 spiro atoms. The number of nitrogens with zero attached hydrogens (tertiary/aromatic N) is 4. The Balaban J connectivity index is 1.43. The van der Waals surface area contributed by atoms with Crippen molar-refractivity contribution in [1.82, 2.24) is 14.9 Å². The topological polar surface area (TPSA) is 211 Å². The molecule has 1 aliphatic rings. The number of amides is 4. The summed E-state index contributed by atoms with van der Waals surface area (Å²) in [4.78, 5) is 73.3. The molecular formula is C46H59N5O12SSi. The summed E-state index contributed by atoms with van der Waals surface area (Å²) in [7, 11) is -3.65. The van der Waals surface area contributed by atoms with Crippen LogP contribution in [0.15, 0.2) is 84.0 Å². The van der Waals surface area contributed by atoms with Crippen LogP contribution in [0.2, 0.25) is 25.7 Å². The van der Waals surface area contributed by atoms with E-state index < -0.39 is 77.2 Å². The number of imide groups is 1. The maximum absolute atomic E-state index is 14.0. The summed E-state index contributed by atoms with van der Waals surface area (Å²) < 4.78 is 49.5. The largest absolute Gasteiger partial charge is 0.484 e. The minimum atomic E-state index is -3.69. The smallest absolute Gasteiger partial charge is 0.439 e. The second kappa shape index (κ2) is 19.9. The first kappa shape index (κ1) is 49.8. The molecule has 1 unspecified atom stereocenters. The quantitative estimate of drug-likeness (QED) is 0.0611. The van der Waals surface area contributed by atoms with Crippen molar-refractivity contribution in [1.29, 1.82) is 0 Å². The van der Waals surface area contributed by atoms with Gasteiger partial charge in [-0.25, -0.2) is 27.6 Å². The Morgan fingerprint density at radius 3 is 2.12 bits per heavy atom. The molecule has 0 saturated heterocycles. The molecule has 1 fully saturated rings. The average Bonchev–Trinajstić information content (AvgIpc) is 4.05. The SMILES string of the molecule is CN(Cc1cc(NC(=O)COc2cccc(C(C(=O)O)N(c3ccc4cnccc4c3)N(C(=O)OC(C)(C)C)C(=O)OC(C)(C)C)c2)ccc1S(=O)(=O)C1CC1)C(=O)OCC[Si](C)(C)C. The number of hydrogen-bond donors (Lipinski definition) is 2. The van der Waals surface area contributed by atoms with Gasteiger partial charge < -0.3 is 34.3 Å². The Morgan fingerprint density at radius 2 is 1.52 bits per heavy atom. The monoisotopic (exact) mass is 933 g/mol. The van der Waals surface area contributed by atoms with Crippen LogP contribution in [-0.4, -0.2) is 103 Å². The molecule has 1 saturated carbocycles. The fraction of sp³-hybridized carbons (Fsp3) is 0.435. The Kier molecular flexibility index (Phi) is 15.2. The van der Waals surface area contributed by atoms with Crippen molar-refractivity contribution in [2.75, 3.05) is 30.6 Å². The third kappa shape index (κ3) is 13.9. The van der Waals surface area contributed by atoms with Crippen LogP contribution >= 0.6 is 0 Å². The number of aromatic nitrogens is 1. The van der Waals surface area contributed by atoms with Gasteiger partial charge in [-0.3, -0.25) is 14.8 Å². The molecule has 4 amide bonds. The summed E-state index contributed by atoms with van der Waals surface area (Å²) in [5.74, 6) is -2.04. The van der Waals surface area contributed by atoms with E-state index in [2.05, 4.69) is 29.9 Å². The van der Waals surface area contributed by atoms with E-state index in [0.717, 1.165) is 11.1 Å². The van der Waals surface area contributed by atoms with Crippen LogP contribution in [-0.2, 0) is 40.2 Å². The molecule has 1 aromatic heterocycles. The van der Waals surface area contributed by atoms with E-state index in [9.17, 15) is 37.5 Å². The van der Waals surface area contributed by atoms with Crippen molar-refractivity contribution in [3.05, 3.63) is 90.3 Å². The van der Waals surface area contributed by atoms with E-state index in [1.165, 1.54) is 60.5 Å². The first-order chi connectivity index (χ1) is 30.2. The molecular weight excluding hydrogens is 875 g/mol. The van der Waals surface area contributed by atoms with E-state index in [-0.39, 0.29) is 40.7 Å². The number of carboxylic acid groups (broad SMARTS) is 1. The van der Waals surface area contributed by atoms with Crippen molar-refractivity contribution < 1.29 is 56.4 Å². The number of carbonyl (C=O) groups excluding carboxylic acids is 4. The van der Waals surface area contributed by atoms with Crippen LogP contribution in [0, 0.1) is 0 Å². The predicted molar refractivity (Wildman–Crippen MR) is 247 cm³/mol. The van der Waals surface area contributed by atoms with Crippen LogP contribution in [0.25, 0.3) is 10.8 Å². The Labute approximate surface area is 380 Å². The van der Waals surface area contributed by atoms with Crippen LogP contribution in [0.1, 0.15) is 71.6 Å². The van der Waals surface area contributed by atoms with Gasteiger partial charge in [0, 0.05) is 38.6 Å². The van der Waals surface area contributed by atoms with Gasteiger partial charge in [0.05, 0.1) is 29.0 Å².